The average Bonchev–Trinajstić information content (AvgIpc) is 2.99. The van der Waals surface area contributed by atoms with Gasteiger partial charge >= 0.3 is 6.03 Å². The third-order valence-corrected chi connectivity index (χ3v) is 4.65. The van der Waals surface area contributed by atoms with E-state index in [-0.39, 0.29) is 18.9 Å². The summed E-state index contributed by atoms with van der Waals surface area (Å²) in [7, 11) is 3.15. The molecule has 0 unspecified atom stereocenters. The highest BCUT2D eigenvalue weighted by Crippen LogP contribution is 2.17. The van der Waals surface area contributed by atoms with Crippen LogP contribution < -0.4 is 20.1 Å². The van der Waals surface area contributed by atoms with Gasteiger partial charge in [-0.3, -0.25) is 14.5 Å². The molecule has 152 valence electrons. The monoisotopic (exact) mass is 397 g/mol. The Kier molecular flexibility index (Phi) is 6.33. The third kappa shape index (κ3) is 5.04. The smallest absolute Gasteiger partial charge is 0.324 e. The van der Waals surface area contributed by atoms with Crippen molar-refractivity contribution in [3.8, 4) is 11.5 Å². The maximum atomic E-state index is 12.5. The molecule has 2 aromatic rings. The lowest BCUT2D eigenvalue weighted by Crippen LogP contribution is -2.34. The molecule has 0 spiro atoms. The number of hydrogen-bond donors (Lipinski definition) is 2. The van der Waals surface area contributed by atoms with Crippen LogP contribution in [0.25, 0.3) is 0 Å². The molecule has 2 aromatic carbocycles. The summed E-state index contributed by atoms with van der Waals surface area (Å²) in [6.07, 6.45) is 0.392. The van der Waals surface area contributed by atoms with Crippen LogP contribution in [0.15, 0.2) is 48.5 Å². The van der Waals surface area contributed by atoms with Crippen molar-refractivity contribution in [2.75, 3.05) is 26.1 Å². The minimum atomic E-state index is -0.864. The molecule has 1 fully saturated rings. The Labute approximate surface area is 168 Å². The van der Waals surface area contributed by atoms with Crippen molar-refractivity contribution < 1.29 is 23.9 Å². The lowest BCUT2D eigenvalue weighted by Gasteiger charge is -2.13. The van der Waals surface area contributed by atoms with Crippen LogP contribution >= 0.6 is 0 Å². The van der Waals surface area contributed by atoms with E-state index in [4.69, 9.17) is 9.47 Å². The van der Waals surface area contributed by atoms with Crippen LogP contribution in [0, 0.1) is 0 Å². The van der Waals surface area contributed by atoms with Gasteiger partial charge in [0, 0.05) is 12.2 Å². The lowest BCUT2D eigenvalue weighted by molar-refractivity contribution is -0.129. The first-order valence-corrected chi connectivity index (χ1v) is 9.19. The summed E-state index contributed by atoms with van der Waals surface area (Å²) in [6.45, 7) is 0.244. The third-order valence-electron chi connectivity index (χ3n) is 4.65. The number of nitrogens with one attached hydrogen (secondary N) is 2. The van der Waals surface area contributed by atoms with Gasteiger partial charge in [0.25, 0.3) is 5.91 Å². The summed E-state index contributed by atoms with van der Waals surface area (Å²) in [4.78, 5) is 38.1. The molecule has 8 nitrogen and oxygen atoms in total. The molecule has 1 atom stereocenters. The molecule has 29 heavy (non-hydrogen) atoms. The number of rotatable bonds is 8. The van der Waals surface area contributed by atoms with Gasteiger partial charge in [-0.1, -0.05) is 12.1 Å². The van der Waals surface area contributed by atoms with E-state index in [9.17, 15) is 14.4 Å². The fourth-order valence-electron chi connectivity index (χ4n) is 3.03. The first kappa shape index (κ1) is 20.2. The standard InChI is InChI=1S/C21H23N3O5/c1-28-16-7-3-14(4-8-16)11-12-24-20(26)18(23-21(24)27)13-19(25)22-15-5-9-17(29-2)10-6-15/h3-10,18H,11-13H2,1-2H3,(H,22,25)(H,23,27)/t18-/m1/s1. The molecular formula is C21H23N3O5. The molecule has 0 aliphatic carbocycles. The Morgan fingerprint density at radius 2 is 1.59 bits per heavy atom. The number of anilines is 1. The molecule has 1 saturated heterocycles. The van der Waals surface area contributed by atoms with Gasteiger partial charge in [-0.2, -0.15) is 0 Å². The minimum absolute atomic E-state index is 0.129. The van der Waals surface area contributed by atoms with Crippen LogP contribution in [-0.4, -0.2) is 49.6 Å². The predicted molar refractivity (Wildman–Crippen MR) is 107 cm³/mol. The van der Waals surface area contributed by atoms with Crippen LogP contribution in [0.3, 0.4) is 0 Å². The lowest BCUT2D eigenvalue weighted by atomic mass is 10.1. The number of benzene rings is 2. The molecule has 3 rings (SSSR count). The number of carbonyl (C=O) groups excluding carboxylic acids is 3. The number of ether oxygens (including phenoxy) is 2. The molecule has 1 heterocycles. The van der Waals surface area contributed by atoms with Gasteiger partial charge in [-0.15, -0.1) is 0 Å². The summed E-state index contributed by atoms with van der Waals surface area (Å²) in [5, 5.41) is 5.29. The van der Waals surface area contributed by atoms with Gasteiger partial charge in [-0.25, -0.2) is 4.79 Å². The Balaban J connectivity index is 1.52. The quantitative estimate of drug-likeness (QED) is 0.666. The Hall–Kier alpha value is -3.55. The van der Waals surface area contributed by atoms with E-state index >= 15 is 0 Å². The largest absolute Gasteiger partial charge is 0.497 e. The number of hydrogen-bond acceptors (Lipinski definition) is 5. The van der Waals surface area contributed by atoms with Crippen LogP contribution in [0.2, 0.25) is 0 Å². The highest BCUT2D eigenvalue weighted by atomic mass is 16.5. The van der Waals surface area contributed by atoms with Crippen LogP contribution in [0.5, 0.6) is 11.5 Å². The van der Waals surface area contributed by atoms with E-state index in [1.807, 2.05) is 24.3 Å². The Morgan fingerprint density at radius 3 is 2.17 bits per heavy atom. The number of carbonyl (C=O) groups is 3. The normalized spacial score (nSPS) is 15.8. The maximum absolute atomic E-state index is 12.5. The predicted octanol–water partition coefficient (Wildman–Crippen LogP) is 2.20. The SMILES string of the molecule is COc1ccc(CCN2C(=O)N[C@H](CC(=O)Nc3ccc(OC)cc3)C2=O)cc1. The van der Waals surface area contributed by atoms with Crippen LogP contribution in [-0.2, 0) is 16.0 Å². The van der Waals surface area contributed by atoms with Crippen LogP contribution in [0.1, 0.15) is 12.0 Å². The van der Waals surface area contributed by atoms with Gasteiger partial charge in [0.2, 0.25) is 5.91 Å². The van der Waals surface area contributed by atoms with Crippen LogP contribution in [0.4, 0.5) is 10.5 Å². The highest BCUT2D eigenvalue weighted by molar-refractivity contribution is 6.06. The second kappa shape index (κ2) is 9.09. The fourth-order valence-corrected chi connectivity index (χ4v) is 3.03. The van der Waals surface area contributed by atoms with Crippen molar-refractivity contribution in [3.63, 3.8) is 0 Å². The topological polar surface area (TPSA) is 97.0 Å². The van der Waals surface area contributed by atoms with Crippen molar-refractivity contribution >= 4 is 23.5 Å². The zero-order valence-corrected chi connectivity index (χ0v) is 16.3. The van der Waals surface area contributed by atoms with Gasteiger partial charge < -0.3 is 20.1 Å². The first-order valence-electron chi connectivity index (χ1n) is 9.19. The molecule has 1 aliphatic rings. The minimum Gasteiger partial charge on any atom is -0.497 e. The number of amides is 4. The van der Waals surface area contributed by atoms with E-state index < -0.39 is 18.0 Å². The van der Waals surface area contributed by atoms with Crippen molar-refractivity contribution in [2.24, 2.45) is 0 Å². The average molecular weight is 397 g/mol. The van der Waals surface area contributed by atoms with Gasteiger partial charge in [0.15, 0.2) is 0 Å². The number of nitrogens with zero attached hydrogens (tertiary/aromatic N) is 1. The molecule has 0 radical (unpaired) electrons. The van der Waals surface area contributed by atoms with E-state index in [1.165, 1.54) is 0 Å². The molecule has 2 N–H and O–H groups in total. The summed E-state index contributed by atoms with van der Waals surface area (Å²) in [6, 6.07) is 12.9. The molecule has 0 saturated carbocycles. The first-order chi connectivity index (χ1) is 14.0. The Bertz CT molecular complexity index is 880. The van der Waals surface area contributed by atoms with Gasteiger partial charge in [0.05, 0.1) is 20.6 Å². The Morgan fingerprint density at radius 1 is 1.00 bits per heavy atom. The summed E-state index contributed by atoms with van der Waals surface area (Å²) in [5.74, 6) is 0.666. The number of urea groups is 1. The van der Waals surface area contributed by atoms with E-state index in [2.05, 4.69) is 10.6 Å². The summed E-state index contributed by atoms with van der Waals surface area (Å²) < 4.78 is 10.2. The molecule has 0 bridgehead atoms. The van der Waals surface area contributed by atoms with Crippen molar-refractivity contribution in [1.82, 2.24) is 10.2 Å². The summed E-state index contributed by atoms with van der Waals surface area (Å²) in [5.41, 5.74) is 1.57. The molecule has 1 aliphatic heterocycles. The van der Waals surface area contributed by atoms with Crippen molar-refractivity contribution in [2.45, 2.75) is 18.9 Å². The molecular weight excluding hydrogens is 374 g/mol. The van der Waals surface area contributed by atoms with E-state index in [1.54, 1.807) is 38.5 Å². The van der Waals surface area contributed by atoms with Crippen molar-refractivity contribution in [1.29, 1.82) is 0 Å². The highest BCUT2D eigenvalue weighted by Gasteiger charge is 2.38. The molecule has 0 aromatic heterocycles. The van der Waals surface area contributed by atoms with E-state index in [0.717, 1.165) is 16.2 Å². The number of methoxy groups -OCH3 is 2. The zero-order chi connectivity index (χ0) is 20.8. The second-order valence-corrected chi connectivity index (χ2v) is 6.57. The molecule has 8 heteroatoms. The van der Waals surface area contributed by atoms with Gasteiger partial charge in [0.1, 0.15) is 17.5 Å². The number of imide groups is 1. The zero-order valence-electron chi connectivity index (χ0n) is 16.3. The maximum Gasteiger partial charge on any atom is 0.324 e. The molecule has 4 amide bonds. The van der Waals surface area contributed by atoms with E-state index in [0.29, 0.717) is 17.9 Å². The fraction of sp³-hybridized carbons (Fsp3) is 0.286. The van der Waals surface area contributed by atoms with Crippen molar-refractivity contribution in [3.05, 3.63) is 54.1 Å². The summed E-state index contributed by atoms with van der Waals surface area (Å²) >= 11 is 0. The van der Waals surface area contributed by atoms with Gasteiger partial charge in [-0.05, 0) is 48.4 Å². The second-order valence-electron chi connectivity index (χ2n) is 6.57.